The van der Waals surface area contributed by atoms with Crippen LogP contribution in [0.15, 0.2) is 54.9 Å². The van der Waals surface area contributed by atoms with Crippen LogP contribution in [-0.2, 0) is 9.53 Å². The van der Waals surface area contributed by atoms with Gasteiger partial charge in [-0.25, -0.2) is 4.98 Å². The molecule has 0 saturated heterocycles. The molecule has 7 heteroatoms. The van der Waals surface area contributed by atoms with Crippen LogP contribution in [-0.4, -0.2) is 33.2 Å². The molecule has 3 aromatic rings. The summed E-state index contributed by atoms with van der Waals surface area (Å²) in [4.78, 5) is 21.0. The number of aromatic amines is 1. The Bertz CT molecular complexity index is 820. The van der Waals surface area contributed by atoms with E-state index in [0.29, 0.717) is 11.6 Å². The van der Waals surface area contributed by atoms with E-state index in [9.17, 15) is 4.79 Å². The Morgan fingerprint density at radius 3 is 2.68 bits per heavy atom. The Kier molecular flexibility index (Phi) is 5.15. The number of nitrogens with zero attached hydrogens (tertiary/aromatic N) is 3. The highest BCUT2D eigenvalue weighted by atomic mass is 16.5. The van der Waals surface area contributed by atoms with Crippen molar-refractivity contribution in [1.82, 2.24) is 25.5 Å². The predicted octanol–water partition coefficient (Wildman–Crippen LogP) is 2.43. The van der Waals surface area contributed by atoms with E-state index in [1.54, 1.807) is 12.4 Å². The smallest absolute Gasteiger partial charge is 0.254 e. The Hall–Kier alpha value is -3.06. The number of rotatable bonds is 6. The number of H-pyrrole nitrogens is 1. The summed E-state index contributed by atoms with van der Waals surface area (Å²) in [6.45, 7) is 1.84. The van der Waals surface area contributed by atoms with Gasteiger partial charge in [0.15, 0.2) is 11.9 Å². The van der Waals surface area contributed by atoms with Gasteiger partial charge in [-0.2, -0.15) is 5.10 Å². The number of benzene rings is 1. The molecule has 0 spiro atoms. The molecule has 2 atom stereocenters. The number of hydrogen-bond donors (Lipinski definition) is 2. The highest BCUT2D eigenvalue weighted by molar-refractivity contribution is 5.82. The second-order valence-electron chi connectivity index (χ2n) is 5.54. The van der Waals surface area contributed by atoms with E-state index in [-0.39, 0.29) is 11.9 Å². The first-order valence-electron chi connectivity index (χ1n) is 7.90. The van der Waals surface area contributed by atoms with Gasteiger partial charge in [-0.05, 0) is 24.6 Å². The molecule has 0 aliphatic heterocycles. The van der Waals surface area contributed by atoms with Crippen LogP contribution in [0.3, 0.4) is 0 Å². The van der Waals surface area contributed by atoms with Gasteiger partial charge in [0.05, 0.1) is 6.04 Å². The van der Waals surface area contributed by atoms with E-state index < -0.39 is 6.10 Å². The van der Waals surface area contributed by atoms with Crippen molar-refractivity contribution in [2.24, 2.45) is 0 Å². The molecule has 0 aliphatic rings. The number of ether oxygens (including phenoxy) is 1. The Morgan fingerprint density at radius 1 is 1.20 bits per heavy atom. The van der Waals surface area contributed by atoms with Gasteiger partial charge in [0, 0.05) is 25.1 Å². The third kappa shape index (κ3) is 3.89. The molecule has 1 amide bonds. The number of aromatic nitrogens is 4. The van der Waals surface area contributed by atoms with Crippen LogP contribution >= 0.6 is 0 Å². The monoisotopic (exact) mass is 337 g/mol. The number of pyridine rings is 1. The molecule has 2 N–H and O–H groups in total. The zero-order valence-electron chi connectivity index (χ0n) is 14.0. The van der Waals surface area contributed by atoms with E-state index in [4.69, 9.17) is 4.74 Å². The maximum atomic E-state index is 12.5. The number of amides is 1. The molecular formula is C18H19N5O2. The molecule has 2 heterocycles. The van der Waals surface area contributed by atoms with Gasteiger partial charge < -0.3 is 10.1 Å². The summed E-state index contributed by atoms with van der Waals surface area (Å²) in [6, 6.07) is 12.7. The Morgan fingerprint density at radius 2 is 2.00 bits per heavy atom. The number of methoxy groups -OCH3 is 1. The third-order valence-corrected chi connectivity index (χ3v) is 3.77. The van der Waals surface area contributed by atoms with E-state index >= 15 is 0 Å². The lowest BCUT2D eigenvalue weighted by atomic mass is 10.1. The molecule has 3 rings (SSSR count). The summed E-state index contributed by atoms with van der Waals surface area (Å²) in [6.07, 6.45) is 2.70. The van der Waals surface area contributed by atoms with E-state index in [0.717, 1.165) is 11.1 Å². The topological polar surface area (TPSA) is 92.8 Å². The van der Waals surface area contributed by atoms with E-state index in [1.807, 2.05) is 49.4 Å². The Labute approximate surface area is 145 Å². The molecule has 0 fully saturated rings. The number of carbonyl (C=O) groups is 1. The van der Waals surface area contributed by atoms with Crippen molar-refractivity contribution in [2.45, 2.75) is 19.1 Å². The van der Waals surface area contributed by atoms with Crippen LogP contribution in [0.25, 0.3) is 11.4 Å². The molecule has 0 aliphatic carbocycles. The normalized spacial score (nSPS) is 13.2. The fraction of sp³-hybridized carbons (Fsp3) is 0.222. The van der Waals surface area contributed by atoms with Crippen molar-refractivity contribution in [2.75, 3.05) is 7.11 Å². The summed E-state index contributed by atoms with van der Waals surface area (Å²) in [5, 5.41) is 9.94. The summed E-state index contributed by atoms with van der Waals surface area (Å²) in [5.74, 6) is 0.867. The lowest BCUT2D eigenvalue weighted by Crippen LogP contribution is -2.33. The summed E-state index contributed by atoms with van der Waals surface area (Å²) in [5.41, 5.74) is 1.60. The summed E-state index contributed by atoms with van der Waals surface area (Å²) >= 11 is 0. The van der Waals surface area contributed by atoms with Gasteiger partial charge in [0.2, 0.25) is 0 Å². The van der Waals surface area contributed by atoms with Crippen molar-refractivity contribution in [3.63, 3.8) is 0 Å². The predicted molar refractivity (Wildman–Crippen MR) is 92.4 cm³/mol. The zero-order valence-corrected chi connectivity index (χ0v) is 14.0. The Balaban J connectivity index is 1.70. The summed E-state index contributed by atoms with van der Waals surface area (Å²) < 4.78 is 5.34. The molecule has 0 unspecified atom stereocenters. The first-order chi connectivity index (χ1) is 12.2. The molecule has 25 heavy (non-hydrogen) atoms. The second kappa shape index (κ2) is 7.67. The number of nitrogens with one attached hydrogen (secondary N) is 2. The minimum atomic E-state index is -0.677. The maximum absolute atomic E-state index is 12.5. The number of carbonyl (C=O) groups excluding carboxylic acids is 1. The minimum Gasteiger partial charge on any atom is -0.367 e. The van der Waals surface area contributed by atoms with Gasteiger partial charge in [0.1, 0.15) is 5.82 Å². The standard InChI is InChI=1S/C18H19N5O2/c1-12(16-21-17(23-22-16)14-9-6-10-19-11-14)20-18(24)15(25-2)13-7-4-3-5-8-13/h3-12,15H,1-2H3,(H,20,24)(H,21,22,23)/t12-,15-/m1/s1. The van der Waals surface area contributed by atoms with Crippen molar-refractivity contribution in [1.29, 1.82) is 0 Å². The van der Waals surface area contributed by atoms with Crippen molar-refractivity contribution in [3.05, 3.63) is 66.2 Å². The van der Waals surface area contributed by atoms with Crippen LogP contribution in [0.4, 0.5) is 0 Å². The largest absolute Gasteiger partial charge is 0.367 e. The zero-order chi connectivity index (χ0) is 17.6. The molecule has 128 valence electrons. The molecule has 7 nitrogen and oxygen atoms in total. The van der Waals surface area contributed by atoms with E-state index in [1.165, 1.54) is 7.11 Å². The van der Waals surface area contributed by atoms with Gasteiger partial charge in [0.25, 0.3) is 5.91 Å². The van der Waals surface area contributed by atoms with E-state index in [2.05, 4.69) is 25.5 Å². The quantitative estimate of drug-likeness (QED) is 0.720. The molecule has 0 bridgehead atoms. The first kappa shape index (κ1) is 16.8. The minimum absolute atomic E-state index is 0.236. The fourth-order valence-electron chi connectivity index (χ4n) is 2.47. The SMILES string of the molecule is CO[C@@H](C(=O)N[C@H](C)c1nc(-c2cccnc2)n[nH]1)c1ccccc1. The van der Waals surface area contributed by atoms with Gasteiger partial charge in [-0.3, -0.25) is 14.9 Å². The lowest BCUT2D eigenvalue weighted by Gasteiger charge is -2.18. The highest BCUT2D eigenvalue weighted by Gasteiger charge is 2.23. The maximum Gasteiger partial charge on any atom is 0.254 e. The molecule has 0 radical (unpaired) electrons. The second-order valence-corrected chi connectivity index (χ2v) is 5.54. The van der Waals surface area contributed by atoms with Crippen LogP contribution in [0.5, 0.6) is 0 Å². The first-order valence-corrected chi connectivity index (χ1v) is 7.90. The molecular weight excluding hydrogens is 318 g/mol. The van der Waals surface area contributed by atoms with Gasteiger partial charge >= 0.3 is 0 Å². The molecule has 2 aromatic heterocycles. The van der Waals surface area contributed by atoms with Gasteiger partial charge in [-0.15, -0.1) is 0 Å². The average molecular weight is 337 g/mol. The lowest BCUT2D eigenvalue weighted by molar-refractivity contribution is -0.132. The van der Waals surface area contributed by atoms with Crippen molar-refractivity contribution >= 4 is 5.91 Å². The van der Waals surface area contributed by atoms with Gasteiger partial charge in [-0.1, -0.05) is 30.3 Å². The van der Waals surface area contributed by atoms with Crippen molar-refractivity contribution < 1.29 is 9.53 Å². The highest BCUT2D eigenvalue weighted by Crippen LogP contribution is 2.19. The average Bonchev–Trinajstić information content (AvgIpc) is 3.14. The van der Waals surface area contributed by atoms with Crippen LogP contribution in [0.2, 0.25) is 0 Å². The van der Waals surface area contributed by atoms with Crippen LogP contribution in [0, 0.1) is 0 Å². The third-order valence-electron chi connectivity index (χ3n) is 3.77. The van der Waals surface area contributed by atoms with Crippen LogP contribution in [0.1, 0.15) is 30.5 Å². The van der Waals surface area contributed by atoms with Crippen LogP contribution < -0.4 is 5.32 Å². The molecule has 0 saturated carbocycles. The fourth-order valence-corrected chi connectivity index (χ4v) is 2.47. The van der Waals surface area contributed by atoms with Crippen molar-refractivity contribution in [3.8, 4) is 11.4 Å². The molecule has 1 aromatic carbocycles. The summed E-state index contributed by atoms with van der Waals surface area (Å²) in [7, 11) is 1.51. The number of hydrogen-bond acceptors (Lipinski definition) is 5.